The Kier molecular flexibility index (Phi) is 2.87. The first-order valence-electron chi connectivity index (χ1n) is 2.65. The molecule has 0 radical (unpaired) electrons. The average molecular weight is 166 g/mol. The molecule has 0 aliphatic rings. The van der Waals surface area contributed by atoms with Crippen LogP contribution in [-0.4, -0.2) is 18.1 Å². The summed E-state index contributed by atoms with van der Waals surface area (Å²) in [7, 11) is 0. The normalized spacial score (nSPS) is 13.4. The minimum Gasteiger partial charge on any atom is -0.333 e. The highest BCUT2D eigenvalue weighted by atomic mass is 19.4. The highest BCUT2D eigenvalue weighted by molar-refractivity contribution is 5.82. The van der Waals surface area contributed by atoms with Gasteiger partial charge in [0.15, 0.2) is 0 Å². The van der Waals surface area contributed by atoms with Gasteiger partial charge in [0.1, 0.15) is 6.04 Å². The van der Waals surface area contributed by atoms with Gasteiger partial charge in [-0.25, -0.2) is 0 Å². The van der Waals surface area contributed by atoms with E-state index < -0.39 is 18.1 Å². The van der Waals surface area contributed by atoms with Crippen molar-refractivity contribution in [1.29, 1.82) is 5.26 Å². The SMILES string of the molecule is CC(C#N)NC(=O)C(F)(F)F. The van der Waals surface area contributed by atoms with Crippen LogP contribution < -0.4 is 5.32 Å². The third-order valence-corrected chi connectivity index (χ3v) is 0.799. The summed E-state index contributed by atoms with van der Waals surface area (Å²) in [6.07, 6.45) is -4.91. The first-order valence-corrected chi connectivity index (χ1v) is 2.65. The van der Waals surface area contributed by atoms with Gasteiger partial charge in [0.25, 0.3) is 0 Å². The molecule has 0 bridgehead atoms. The Balaban J connectivity index is 4.01. The van der Waals surface area contributed by atoms with E-state index in [1.165, 1.54) is 11.4 Å². The number of nitrogens with zero attached hydrogens (tertiary/aromatic N) is 1. The van der Waals surface area contributed by atoms with E-state index in [1.807, 2.05) is 0 Å². The van der Waals surface area contributed by atoms with Crippen LogP contribution >= 0.6 is 0 Å². The molecule has 11 heavy (non-hydrogen) atoms. The van der Waals surface area contributed by atoms with E-state index in [2.05, 4.69) is 0 Å². The number of carbonyl (C=O) groups is 1. The number of hydrogen-bond acceptors (Lipinski definition) is 2. The number of alkyl halides is 3. The molecule has 0 heterocycles. The van der Waals surface area contributed by atoms with E-state index in [0.29, 0.717) is 0 Å². The monoisotopic (exact) mass is 166 g/mol. The minimum atomic E-state index is -4.91. The standard InChI is InChI=1S/C5H5F3N2O/c1-3(2-9)10-4(11)5(6,7)8/h3H,1H3,(H,10,11). The second kappa shape index (κ2) is 3.23. The lowest BCUT2D eigenvalue weighted by molar-refractivity contribution is -0.173. The van der Waals surface area contributed by atoms with E-state index in [-0.39, 0.29) is 0 Å². The molecule has 0 aromatic carbocycles. The van der Waals surface area contributed by atoms with Crippen LogP contribution in [-0.2, 0) is 4.79 Å². The number of halogens is 3. The lowest BCUT2D eigenvalue weighted by Crippen LogP contribution is -2.41. The Morgan fingerprint density at radius 2 is 2.09 bits per heavy atom. The van der Waals surface area contributed by atoms with Crippen LogP contribution in [0.25, 0.3) is 0 Å². The lowest BCUT2D eigenvalue weighted by atomic mass is 10.4. The van der Waals surface area contributed by atoms with Gasteiger partial charge in [0, 0.05) is 0 Å². The van der Waals surface area contributed by atoms with Crippen LogP contribution in [0.4, 0.5) is 13.2 Å². The van der Waals surface area contributed by atoms with Gasteiger partial charge in [-0.1, -0.05) is 0 Å². The fourth-order valence-corrected chi connectivity index (χ4v) is 0.311. The van der Waals surface area contributed by atoms with E-state index >= 15 is 0 Å². The first-order chi connectivity index (χ1) is 4.88. The fourth-order valence-electron chi connectivity index (χ4n) is 0.311. The highest BCUT2D eigenvalue weighted by Gasteiger charge is 2.39. The maximum absolute atomic E-state index is 11.4. The van der Waals surface area contributed by atoms with E-state index in [9.17, 15) is 18.0 Å². The summed E-state index contributed by atoms with van der Waals surface area (Å²) in [5.41, 5.74) is 0. The molecule has 62 valence electrons. The van der Waals surface area contributed by atoms with Crippen molar-refractivity contribution in [2.45, 2.75) is 19.1 Å². The van der Waals surface area contributed by atoms with Crippen LogP contribution in [0.15, 0.2) is 0 Å². The topological polar surface area (TPSA) is 52.9 Å². The molecule has 0 aliphatic carbocycles. The molecule has 0 rings (SSSR count). The quantitative estimate of drug-likeness (QED) is 0.619. The summed E-state index contributed by atoms with van der Waals surface area (Å²) >= 11 is 0. The molecule has 0 aliphatic heterocycles. The Morgan fingerprint density at radius 3 is 2.36 bits per heavy atom. The zero-order valence-electron chi connectivity index (χ0n) is 5.57. The molecule has 3 nitrogen and oxygen atoms in total. The van der Waals surface area contributed by atoms with E-state index in [1.54, 1.807) is 0 Å². The Bertz CT molecular complexity index is 193. The molecule has 0 saturated heterocycles. The lowest BCUT2D eigenvalue weighted by Gasteiger charge is -2.07. The summed E-state index contributed by atoms with van der Waals surface area (Å²) in [6.45, 7) is 1.16. The van der Waals surface area contributed by atoms with Crippen LogP contribution in [0.3, 0.4) is 0 Å². The zero-order valence-corrected chi connectivity index (χ0v) is 5.57. The maximum Gasteiger partial charge on any atom is 0.471 e. The zero-order chi connectivity index (χ0) is 9.07. The van der Waals surface area contributed by atoms with Crippen LogP contribution in [0.2, 0.25) is 0 Å². The molecule has 0 spiro atoms. The van der Waals surface area contributed by atoms with Crippen molar-refractivity contribution in [3.05, 3.63) is 0 Å². The molecule has 1 unspecified atom stereocenters. The second-order valence-corrected chi connectivity index (χ2v) is 1.82. The molecule has 0 aromatic heterocycles. The second-order valence-electron chi connectivity index (χ2n) is 1.82. The van der Waals surface area contributed by atoms with Crippen molar-refractivity contribution in [3.63, 3.8) is 0 Å². The number of carbonyl (C=O) groups excluding carboxylic acids is 1. The van der Waals surface area contributed by atoms with Crippen LogP contribution in [0.5, 0.6) is 0 Å². The van der Waals surface area contributed by atoms with E-state index in [0.717, 1.165) is 6.92 Å². The van der Waals surface area contributed by atoms with Crippen molar-refractivity contribution in [1.82, 2.24) is 5.32 Å². The Labute approximate surface area is 60.8 Å². The highest BCUT2D eigenvalue weighted by Crippen LogP contribution is 2.14. The summed E-state index contributed by atoms with van der Waals surface area (Å²) < 4.78 is 34.3. The van der Waals surface area contributed by atoms with Crippen molar-refractivity contribution in [2.24, 2.45) is 0 Å². The van der Waals surface area contributed by atoms with Gasteiger partial charge in [0.05, 0.1) is 6.07 Å². The third-order valence-electron chi connectivity index (χ3n) is 0.799. The summed E-state index contributed by atoms with van der Waals surface area (Å²) in [5.74, 6) is -2.09. The van der Waals surface area contributed by atoms with E-state index in [4.69, 9.17) is 5.26 Å². The van der Waals surface area contributed by atoms with Gasteiger partial charge in [-0.3, -0.25) is 4.79 Å². The van der Waals surface area contributed by atoms with Gasteiger partial charge in [0.2, 0.25) is 0 Å². The summed E-state index contributed by atoms with van der Waals surface area (Å²) in [6, 6.07) is 0.315. The predicted molar refractivity (Wildman–Crippen MR) is 29.3 cm³/mol. The third kappa shape index (κ3) is 3.45. The Morgan fingerprint density at radius 1 is 1.64 bits per heavy atom. The largest absolute Gasteiger partial charge is 0.471 e. The molecule has 1 atom stereocenters. The summed E-state index contributed by atoms with van der Waals surface area (Å²) in [5, 5.41) is 9.46. The first kappa shape index (κ1) is 9.75. The number of nitrogens with one attached hydrogen (secondary N) is 1. The molecule has 6 heteroatoms. The van der Waals surface area contributed by atoms with Crippen molar-refractivity contribution < 1.29 is 18.0 Å². The average Bonchev–Trinajstić information content (AvgIpc) is 1.85. The fraction of sp³-hybridized carbons (Fsp3) is 0.600. The number of amides is 1. The van der Waals surface area contributed by atoms with Crippen molar-refractivity contribution >= 4 is 5.91 Å². The maximum atomic E-state index is 11.4. The predicted octanol–water partition coefficient (Wildman–Crippen LogP) is 0.577. The number of hydrogen-bond donors (Lipinski definition) is 1. The van der Waals surface area contributed by atoms with Gasteiger partial charge in [-0.15, -0.1) is 0 Å². The minimum absolute atomic E-state index is 1.12. The molecular formula is C5H5F3N2O. The molecule has 1 N–H and O–H groups in total. The number of rotatable bonds is 1. The number of nitriles is 1. The molecule has 0 fully saturated rings. The molecule has 0 saturated carbocycles. The van der Waals surface area contributed by atoms with Crippen LogP contribution in [0.1, 0.15) is 6.92 Å². The van der Waals surface area contributed by atoms with Gasteiger partial charge in [-0.2, -0.15) is 18.4 Å². The Hall–Kier alpha value is -1.25. The van der Waals surface area contributed by atoms with Crippen LogP contribution in [0, 0.1) is 11.3 Å². The van der Waals surface area contributed by atoms with Crippen molar-refractivity contribution in [3.8, 4) is 6.07 Å². The molecule has 0 aromatic rings. The van der Waals surface area contributed by atoms with Gasteiger partial charge in [-0.05, 0) is 6.92 Å². The van der Waals surface area contributed by atoms with Gasteiger partial charge >= 0.3 is 12.1 Å². The van der Waals surface area contributed by atoms with Crippen molar-refractivity contribution in [2.75, 3.05) is 0 Å². The molecule has 1 amide bonds. The van der Waals surface area contributed by atoms with Gasteiger partial charge < -0.3 is 5.32 Å². The summed E-state index contributed by atoms with van der Waals surface area (Å²) in [4.78, 5) is 10.0. The smallest absolute Gasteiger partial charge is 0.333 e. The molecular weight excluding hydrogens is 161 g/mol.